The Morgan fingerprint density at radius 2 is 2.00 bits per heavy atom. The fourth-order valence-corrected chi connectivity index (χ4v) is 2.93. The van der Waals surface area contributed by atoms with Gasteiger partial charge in [0.1, 0.15) is 17.4 Å². The summed E-state index contributed by atoms with van der Waals surface area (Å²) in [6, 6.07) is 14.0. The molecule has 2 heterocycles. The second-order valence-electron chi connectivity index (χ2n) is 5.41. The number of aryl methyl sites for hydroxylation is 1. The Balaban J connectivity index is 1.89. The minimum absolute atomic E-state index is 0.656. The lowest BCUT2D eigenvalue weighted by molar-refractivity contribution is 1.15. The molecule has 23 heavy (non-hydrogen) atoms. The first-order chi connectivity index (χ1) is 11.3. The highest BCUT2D eigenvalue weighted by molar-refractivity contribution is 6.33. The maximum Gasteiger partial charge on any atom is 0.158 e. The molecule has 0 unspecified atom stereocenters. The van der Waals surface area contributed by atoms with Gasteiger partial charge in [-0.05, 0) is 36.2 Å². The first-order valence-corrected chi connectivity index (χ1v) is 7.91. The highest BCUT2D eigenvalue weighted by Crippen LogP contribution is 2.31. The summed E-state index contributed by atoms with van der Waals surface area (Å²) in [5, 5.41) is 5.06. The van der Waals surface area contributed by atoms with Crippen LogP contribution in [-0.4, -0.2) is 15.0 Å². The number of aromatic nitrogens is 3. The van der Waals surface area contributed by atoms with Gasteiger partial charge >= 0.3 is 0 Å². The maximum atomic E-state index is 6.23. The van der Waals surface area contributed by atoms with E-state index >= 15 is 0 Å². The van der Waals surface area contributed by atoms with Crippen LogP contribution in [0.1, 0.15) is 12.5 Å². The zero-order valence-electron chi connectivity index (χ0n) is 12.6. The highest BCUT2D eigenvalue weighted by Gasteiger charge is 2.12. The molecular formula is C18H15ClN4. The molecule has 4 rings (SSSR count). The van der Waals surface area contributed by atoms with Gasteiger partial charge < -0.3 is 10.3 Å². The lowest BCUT2D eigenvalue weighted by Crippen LogP contribution is -1.96. The number of nitrogens with zero attached hydrogens (tertiary/aromatic N) is 2. The van der Waals surface area contributed by atoms with E-state index in [1.54, 1.807) is 6.33 Å². The van der Waals surface area contributed by atoms with Crippen molar-refractivity contribution in [2.24, 2.45) is 0 Å². The van der Waals surface area contributed by atoms with Gasteiger partial charge in [0.2, 0.25) is 0 Å². The molecule has 0 aliphatic heterocycles. The number of fused-ring (bicyclic) bond motifs is 3. The summed E-state index contributed by atoms with van der Waals surface area (Å²) in [6.45, 7) is 2.15. The predicted molar refractivity (Wildman–Crippen MR) is 95.5 cm³/mol. The lowest BCUT2D eigenvalue weighted by Gasteiger charge is -2.07. The molecule has 2 N–H and O–H groups in total. The fraction of sp³-hybridized carbons (Fsp3) is 0.111. The minimum Gasteiger partial charge on any atom is -0.350 e. The van der Waals surface area contributed by atoms with Crippen molar-refractivity contribution in [1.29, 1.82) is 0 Å². The molecule has 2 aromatic carbocycles. The van der Waals surface area contributed by atoms with Crippen molar-refractivity contribution in [2.45, 2.75) is 13.3 Å². The first-order valence-electron chi connectivity index (χ1n) is 7.53. The van der Waals surface area contributed by atoms with Crippen molar-refractivity contribution in [1.82, 2.24) is 15.0 Å². The molecular weight excluding hydrogens is 308 g/mol. The molecule has 114 valence electrons. The zero-order valence-corrected chi connectivity index (χ0v) is 13.4. The average molecular weight is 323 g/mol. The van der Waals surface area contributed by atoms with Gasteiger partial charge in [0.05, 0.1) is 10.7 Å². The van der Waals surface area contributed by atoms with E-state index in [1.165, 1.54) is 5.56 Å². The van der Waals surface area contributed by atoms with Crippen LogP contribution in [0.3, 0.4) is 0 Å². The molecule has 5 heteroatoms. The number of hydrogen-bond acceptors (Lipinski definition) is 3. The molecule has 4 aromatic rings. The van der Waals surface area contributed by atoms with Crippen molar-refractivity contribution < 1.29 is 0 Å². The van der Waals surface area contributed by atoms with E-state index in [1.807, 2.05) is 24.3 Å². The summed E-state index contributed by atoms with van der Waals surface area (Å²) in [4.78, 5) is 12.2. The normalized spacial score (nSPS) is 11.2. The van der Waals surface area contributed by atoms with Crippen molar-refractivity contribution in [3.63, 3.8) is 0 Å². The summed E-state index contributed by atoms with van der Waals surface area (Å²) in [7, 11) is 0. The Labute approximate surface area is 138 Å². The quantitative estimate of drug-likeness (QED) is 0.553. The Bertz CT molecular complexity index is 1010. The fourth-order valence-electron chi connectivity index (χ4n) is 2.74. The van der Waals surface area contributed by atoms with Crippen LogP contribution in [0, 0.1) is 0 Å². The third kappa shape index (κ3) is 2.41. The molecule has 2 aromatic heterocycles. The summed E-state index contributed by atoms with van der Waals surface area (Å²) >= 11 is 6.23. The number of para-hydroxylation sites is 1. The van der Waals surface area contributed by atoms with Gasteiger partial charge in [0, 0.05) is 10.9 Å². The molecule has 0 atom stereocenters. The van der Waals surface area contributed by atoms with Crippen LogP contribution >= 0.6 is 11.6 Å². The molecule has 0 aliphatic carbocycles. The van der Waals surface area contributed by atoms with Gasteiger partial charge in [-0.1, -0.05) is 36.7 Å². The predicted octanol–water partition coefficient (Wildman–Crippen LogP) is 5.07. The van der Waals surface area contributed by atoms with E-state index in [0.29, 0.717) is 5.02 Å². The van der Waals surface area contributed by atoms with Crippen LogP contribution in [0.5, 0.6) is 0 Å². The maximum absolute atomic E-state index is 6.23. The van der Waals surface area contributed by atoms with E-state index in [9.17, 15) is 0 Å². The number of H-pyrrole nitrogens is 1. The lowest BCUT2D eigenvalue weighted by atomic mass is 10.1. The van der Waals surface area contributed by atoms with Crippen LogP contribution in [0.4, 0.5) is 11.5 Å². The number of hydrogen-bond donors (Lipinski definition) is 2. The molecule has 0 saturated carbocycles. The molecule has 0 radical (unpaired) electrons. The molecule has 4 nitrogen and oxygen atoms in total. The van der Waals surface area contributed by atoms with Gasteiger partial charge in [0.25, 0.3) is 0 Å². The Morgan fingerprint density at radius 3 is 2.83 bits per heavy atom. The standard InChI is InChI=1S/C18H15ClN4/c1-2-11-7-8-14-12(9-11)16-17(22-14)18(21-10-20-16)23-15-6-4-3-5-13(15)19/h3-10,22H,2H2,1H3,(H,20,21,23). The van der Waals surface area contributed by atoms with E-state index < -0.39 is 0 Å². The third-order valence-electron chi connectivity index (χ3n) is 3.98. The number of benzene rings is 2. The number of aromatic amines is 1. The van der Waals surface area contributed by atoms with Crippen LogP contribution in [0.15, 0.2) is 48.8 Å². The van der Waals surface area contributed by atoms with E-state index in [2.05, 4.69) is 45.4 Å². The van der Waals surface area contributed by atoms with E-state index in [4.69, 9.17) is 11.6 Å². The van der Waals surface area contributed by atoms with Crippen LogP contribution in [0.25, 0.3) is 21.9 Å². The molecule has 0 aliphatic rings. The second kappa shape index (κ2) is 5.56. The van der Waals surface area contributed by atoms with E-state index in [0.717, 1.165) is 39.9 Å². The second-order valence-corrected chi connectivity index (χ2v) is 5.82. The topological polar surface area (TPSA) is 53.6 Å². The minimum atomic E-state index is 0.656. The van der Waals surface area contributed by atoms with Crippen molar-refractivity contribution in [2.75, 3.05) is 5.32 Å². The Morgan fingerprint density at radius 1 is 1.13 bits per heavy atom. The number of halogens is 1. The number of anilines is 2. The summed E-state index contributed by atoms with van der Waals surface area (Å²) in [6.07, 6.45) is 2.58. The largest absolute Gasteiger partial charge is 0.350 e. The van der Waals surface area contributed by atoms with Crippen molar-refractivity contribution in [3.8, 4) is 0 Å². The van der Waals surface area contributed by atoms with Crippen LogP contribution in [-0.2, 0) is 6.42 Å². The Hall–Kier alpha value is -2.59. The number of rotatable bonds is 3. The zero-order chi connectivity index (χ0) is 15.8. The molecule has 0 saturated heterocycles. The van der Waals surface area contributed by atoms with Gasteiger partial charge in [-0.15, -0.1) is 0 Å². The smallest absolute Gasteiger partial charge is 0.158 e. The van der Waals surface area contributed by atoms with Gasteiger partial charge in [-0.25, -0.2) is 9.97 Å². The van der Waals surface area contributed by atoms with Crippen molar-refractivity contribution in [3.05, 3.63) is 59.4 Å². The average Bonchev–Trinajstić information content (AvgIpc) is 2.96. The molecule has 0 spiro atoms. The van der Waals surface area contributed by atoms with Crippen molar-refractivity contribution >= 4 is 45.0 Å². The van der Waals surface area contributed by atoms with E-state index in [-0.39, 0.29) is 0 Å². The monoisotopic (exact) mass is 322 g/mol. The summed E-state index contributed by atoms with van der Waals surface area (Å²) in [5.74, 6) is 0.720. The van der Waals surface area contributed by atoms with Gasteiger partial charge in [-0.2, -0.15) is 0 Å². The molecule has 0 fully saturated rings. The Kier molecular flexibility index (Phi) is 3.39. The SMILES string of the molecule is CCc1ccc2[nH]c3c(Nc4ccccc4Cl)ncnc3c2c1. The third-order valence-corrected chi connectivity index (χ3v) is 4.31. The van der Waals surface area contributed by atoms with Gasteiger partial charge in [0.15, 0.2) is 5.82 Å². The van der Waals surface area contributed by atoms with Crippen LogP contribution < -0.4 is 5.32 Å². The number of nitrogens with one attached hydrogen (secondary N) is 2. The highest BCUT2D eigenvalue weighted by atomic mass is 35.5. The summed E-state index contributed by atoms with van der Waals surface area (Å²) < 4.78 is 0. The first kappa shape index (κ1) is 14.0. The summed E-state index contributed by atoms with van der Waals surface area (Å²) in [5.41, 5.74) is 4.97. The molecule has 0 bridgehead atoms. The molecule has 0 amide bonds. The van der Waals surface area contributed by atoms with Crippen LogP contribution in [0.2, 0.25) is 5.02 Å². The van der Waals surface area contributed by atoms with Gasteiger partial charge in [-0.3, -0.25) is 0 Å².